The van der Waals surface area contributed by atoms with E-state index in [1.54, 1.807) is 12.1 Å². The van der Waals surface area contributed by atoms with E-state index in [2.05, 4.69) is 0 Å². The predicted molar refractivity (Wildman–Crippen MR) is 93.0 cm³/mol. The van der Waals surface area contributed by atoms with Gasteiger partial charge in [0.25, 0.3) is 0 Å². The van der Waals surface area contributed by atoms with Gasteiger partial charge in [-0.05, 0) is 18.9 Å². The van der Waals surface area contributed by atoms with Crippen LogP contribution in [0.1, 0.15) is 63.2 Å². The lowest BCUT2D eigenvalue weighted by atomic mass is 9.79. The monoisotopic (exact) mass is 340 g/mol. The van der Waals surface area contributed by atoms with Gasteiger partial charge in [-0.1, -0.05) is 32.4 Å². The molecule has 5 heteroatoms. The van der Waals surface area contributed by atoms with E-state index >= 15 is 0 Å². The van der Waals surface area contributed by atoms with Crippen molar-refractivity contribution in [1.82, 2.24) is 0 Å². The number of carbonyl (C=O) groups is 2. The lowest BCUT2D eigenvalue weighted by Gasteiger charge is -2.24. The largest absolute Gasteiger partial charge is 0.507 e. The van der Waals surface area contributed by atoms with Crippen LogP contribution in [0.2, 0.25) is 0 Å². The minimum atomic E-state index is -0.505. The summed E-state index contributed by atoms with van der Waals surface area (Å²) in [4.78, 5) is 26.0. The third-order valence-electron chi connectivity index (χ3n) is 4.69. The minimum Gasteiger partial charge on any atom is -0.507 e. The molecule has 3 rings (SSSR count). The second kappa shape index (κ2) is 6.24. The van der Waals surface area contributed by atoms with Crippen molar-refractivity contribution in [2.45, 2.75) is 33.1 Å². The molecule has 0 heterocycles. The molecule has 2 aromatic rings. The molecule has 1 aliphatic carbocycles. The topological polar surface area (TPSA) is 83.8 Å². The van der Waals surface area contributed by atoms with Crippen molar-refractivity contribution in [2.75, 3.05) is 7.11 Å². The van der Waals surface area contributed by atoms with Crippen molar-refractivity contribution in [1.29, 1.82) is 0 Å². The van der Waals surface area contributed by atoms with Gasteiger partial charge in [-0.25, -0.2) is 0 Å². The van der Waals surface area contributed by atoms with Gasteiger partial charge in [0.1, 0.15) is 17.2 Å². The summed E-state index contributed by atoms with van der Waals surface area (Å²) < 4.78 is 5.22. The first-order valence-corrected chi connectivity index (χ1v) is 8.33. The quantitative estimate of drug-likeness (QED) is 0.711. The molecule has 25 heavy (non-hydrogen) atoms. The van der Waals surface area contributed by atoms with Crippen LogP contribution in [0.3, 0.4) is 0 Å². The number of ketones is 2. The van der Waals surface area contributed by atoms with Crippen LogP contribution in [-0.2, 0) is 12.8 Å². The van der Waals surface area contributed by atoms with Crippen LogP contribution >= 0.6 is 0 Å². The molecule has 0 aromatic heterocycles. The molecule has 0 atom stereocenters. The molecule has 0 radical (unpaired) electrons. The number of carbonyl (C=O) groups excluding carboxylic acids is 2. The second-order valence-corrected chi connectivity index (χ2v) is 6.05. The van der Waals surface area contributed by atoms with Gasteiger partial charge in [0.05, 0.1) is 23.8 Å². The Bertz CT molecular complexity index is 896. The average molecular weight is 340 g/mol. The Morgan fingerprint density at radius 1 is 0.920 bits per heavy atom. The summed E-state index contributed by atoms with van der Waals surface area (Å²) in [5.41, 5.74) is 1.12. The van der Waals surface area contributed by atoms with E-state index in [0.29, 0.717) is 24.0 Å². The van der Waals surface area contributed by atoms with Gasteiger partial charge in [0, 0.05) is 16.7 Å². The van der Waals surface area contributed by atoms with Crippen molar-refractivity contribution >= 4 is 11.6 Å². The number of hydrogen-bond donors (Lipinski definition) is 2. The number of aromatic hydroxyl groups is 2. The molecule has 0 spiro atoms. The lowest BCUT2D eigenvalue weighted by Crippen LogP contribution is -2.23. The van der Waals surface area contributed by atoms with Crippen molar-refractivity contribution in [3.05, 3.63) is 51.6 Å². The summed E-state index contributed by atoms with van der Waals surface area (Å²) in [5, 5.41) is 21.4. The molecule has 0 fully saturated rings. The van der Waals surface area contributed by atoms with E-state index in [9.17, 15) is 19.8 Å². The van der Waals surface area contributed by atoms with E-state index in [0.717, 1.165) is 6.42 Å². The zero-order valence-corrected chi connectivity index (χ0v) is 14.5. The molecule has 0 amide bonds. The highest BCUT2D eigenvalue weighted by Gasteiger charge is 2.38. The first-order valence-electron chi connectivity index (χ1n) is 8.33. The summed E-state index contributed by atoms with van der Waals surface area (Å²) in [6.07, 6.45) is 1.70. The van der Waals surface area contributed by atoms with Crippen LogP contribution in [0.25, 0.3) is 0 Å². The molecule has 0 bridgehead atoms. The van der Waals surface area contributed by atoms with E-state index in [-0.39, 0.29) is 39.5 Å². The fourth-order valence-corrected chi connectivity index (χ4v) is 3.55. The van der Waals surface area contributed by atoms with Crippen LogP contribution in [0, 0.1) is 0 Å². The normalized spacial score (nSPS) is 12.8. The third kappa shape index (κ3) is 2.30. The van der Waals surface area contributed by atoms with Gasteiger partial charge >= 0.3 is 0 Å². The first kappa shape index (κ1) is 17.0. The number of benzene rings is 2. The molecule has 1 aliphatic rings. The van der Waals surface area contributed by atoms with Crippen LogP contribution in [0.15, 0.2) is 18.2 Å². The SMILES string of the molecule is CCCc1c(O)c2c(c(O)c1CC)C(=O)c1cccc(OC)c1C2=O. The van der Waals surface area contributed by atoms with Gasteiger partial charge in [0.15, 0.2) is 5.78 Å². The summed E-state index contributed by atoms with van der Waals surface area (Å²) in [6.45, 7) is 3.78. The standard InChI is InChI=1S/C20H20O5/c1-4-7-11-10(5-2)17(21)15-16(18(11)22)20(24)14-12(19(15)23)8-6-9-13(14)25-3/h6,8-9,21-22H,4-5,7H2,1-3H3. The highest BCUT2D eigenvalue weighted by atomic mass is 16.5. The number of methoxy groups -OCH3 is 1. The Hall–Kier alpha value is -2.82. The van der Waals surface area contributed by atoms with Gasteiger partial charge in [0.2, 0.25) is 5.78 Å². The Balaban J connectivity index is 2.40. The molecule has 5 nitrogen and oxygen atoms in total. The zero-order chi connectivity index (χ0) is 18.3. The summed E-state index contributed by atoms with van der Waals surface area (Å²) >= 11 is 0. The number of phenolic OH excluding ortho intramolecular Hbond substituents is 2. The van der Waals surface area contributed by atoms with Crippen LogP contribution < -0.4 is 4.74 Å². The Morgan fingerprint density at radius 3 is 2.16 bits per heavy atom. The fourth-order valence-electron chi connectivity index (χ4n) is 3.55. The Labute approximate surface area is 145 Å². The molecule has 2 N–H and O–H groups in total. The molecular formula is C20H20O5. The third-order valence-corrected chi connectivity index (χ3v) is 4.69. The molecule has 0 saturated carbocycles. The first-order chi connectivity index (χ1) is 12.0. The van der Waals surface area contributed by atoms with Crippen molar-refractivity contribution in [3.8, 4) is 17.2 Å². The maximum absolute atomic E-state index is 13.1. The molecule has 0 unspecified atom stereocenters. The van der Waals surface area contributed by atoms with Crippen molar-refractivity contribution in [3.63, 3.8) is 0 Å². The van der Waals surface area contributed by atoms with E-state index < -0.39 is 11.6 Å². The van der Waals surface area contributed by atoms with Gasteiger partial charge in [-0.15, -0.1) is 0 Å². The smallest absolute Gasteiger partial charge is 0.202 e. The average Bonchev–Trinajstić information content (AvgIpc) is 2.62. The van der Waals surface area contributed by atoms with Gasteiger partial charge < -0.3 is 14.9 Å². The zero-order valence-electron chi connectivity index (χ0n) is 14.5. The summed E-state index contributed by atoms with van der Waals surface area (Å²) in [6, 6.07) is 4.75. The van der Waals surface area contributed by atoms with Crippen LogP contribution in [0.5, 0.6) is 17.2 Å². The van der Waals surface area contributed by atoms with E-state index in [1.807, 2.05) is 13.8 Å². The molecule has 0 saturated heterocycles. The van der Waals surface area contributed by atoms with Gasteiger partial charge in [-0.3, -0.25) is 9.59 Å². The van der Waals surface area contributed by atoms with Crippen LogP contribution in [0.4, 0.5) is 0 Å². The fraction of sp³-hybridized carbons (Fsp3) is 0.300. The number of rotatable bonds is 4. The van der Waals surface area contributed by atoms with E-state index in [1.165, 1.54) is 13.2 Å². The summed E-state index contributed by atoms with van der Waals surface area (Å²) in [5.74, 6) is -1.12. The molecule has 0 aliphatic heterocycles. The maximum atomic E-state index is 13.1. The molecular weight excluding hydrogens is 320 g/mol. The van der Waals surface area contributed by atoms with Gasteiger partial charge in [-0.2, -0.15) is 0 Å². The number of ether oxygens (including phenoxy) is 1. The Morgan fingerprint density at radius 2 is 1.56 bits per heavy atom. The van der Waals surface area contributed by atoms with Crippen molar-refractivity contribution < 1.29 is 24.5 Å². The number of phenols is 2. The maximum Gasteiger partial charge on any atom is 0.202 e. The van der Waals surface area contributed by atoms with Crippen molar-refractivity contribution in [2.24, 2.45) is 0 Å². The number of hydrogen-bond acceptors (Lipinski definition) is 5. The second-order valence-electron chi connectivity index (χ2n) is 6.05. The number of fused-ring (bicyclic) bond motifs is 2. The predicted octanol–water partition coefficient (Wildman–Crippen LogP) is 3.40. The molecule has 2 aromatic carbocycles. The summed E-state index contributed by atoms with van der Waals surface area (Å²) in [7, 11) is 1.42. The highest BCUT2D eigenvalue weighted by molar-refractivity contribution is 6.31. The van der Waals surface area contributed by atoms with E-state index in [4.69, 9.17) is 4.74 Å². The Kier molecular flexibility index (Phi) is 4.25. The lowest BCUT2D eigenvalue weighted by molar-refractivity contribution is 0.0971. The van der Waals surface area contributed by atoms with Crippen LogP contribution in [-0.4, -0.2) is 28.9 Å². The minimum absolute atomic E-state index is 0.111. The molecule has 130 valence electrons. The highest BCUT2D eigenvalue weighted by Crippen LogP contribution is 2.45.